The molecule has 4 atom stereocenters. The summed E-state index contributed by atoms with van der Waals surface area (Å²) < 4.78 is 5.75. The third-order valence-electron chi connectivity index (χ3n) is 9.21. The van der Waals surface area contributed by atoms with Crippen LogP contribution in [0.3, 0.4) is 0 Å². The molecule has 3 aromatic rings. The average molecular weight is 672 g/mol. The van der Waals surface area contributed by atoms with E-state index < -0.39 is 41.9 Å². The van der Waals surface area contributed by atoms with Crippen molar-refractivity contribution in [1.29, 1.82) is 0 Å². The highest BCUT2D eigenvalue weighted by Gasteiger charge is 2.39. The highest BCUT2D eigenvalue weighted by Crippen LogP contribution is 2.21. The monoisotopic (exact) mass is 671 g/mol. The molecule has 3 aliphatic rings. The van der Waals surface area contributed by atoms with Crippen LogP contribution in [0.25, 0.3) is 0 Å². The van der Waals surface area contributed by atoms with Gasteiger partial charge in [0.15, 0.2) is 6.61 Å². The van der Waals surface area contributed by atoms with E-state index in [9.17, 15) is 24.0 Å². The van der Waals surface area contributed by atoms with Gasteiger partial charge in [-0.3, -0.25) is 29.1 Å². The molecule has 6 rings (SSSR count). The highest BCUT2D eigenvalue weighted by atomic mass is 16.5. The van der Waals surface area contributed by atoms with E-state index in [2.05, 4.69) is 26.1 Å². The number of ether oxygens (including phenoxy) is 1. The third kappa shape index (κ3) is 8.84. The lowest BCUT2D eigenvalue weighted by atomic mass is 10.0. The van der Waals surface area contributed by atoms with Gasteiger partial charge in [0.05, 0.1) is 5.69 Å². The van der Waals surface area contributed by atoms with Gasteiger partial charge in [0.2, 0.25) is 23.6 Å². The molecule has 2 bridgehead atoms. The van der Waals surface area contributed by atoms with Crippen LogP contribution in [0.2, 0.25) is 0 Å². The molecular weight excluding hydrogens is 626 g/mol. The Balaban J connectivity index is 1.37. The van der Waals surface area contributed by atoms with Gasteiger partial charge in [-0.05, 0) is 68.9 Å². The van der Waals surface area contributed by atoms with Crippen LogP contribution >= 0.6 is 0 Å². The number of hydrogen-bond acceptors (Lipinski definition) is 7. The number of nitrogens with one attached hydrogen (secondary N) is 4. The Labute approximate surface area is 286 Å². The Hall–Kier alpha value is -5.20. The SMILES string of the molecule is Cc1n[nH]c(C)c1CCN(C)C(=O)[C@@H]1Cc2ccc(cc2)OCC(=O)N[C@H](Cc2ccccc2)C(=O)N2CCC[C@@H]2C(=O)N[C@@H](C)C(=O)N1. The number of aromatic nitrogens is 2. The summed E-state index contributed by atoms with van der Waals surface area (Å²) in [6.45, 7) is 5.82. The van der Waals surface area contributed by atoms with Crippen LogP contribution in [-0.4, -0.2) is 100 Å². The van der Waals surface area contributed by atoms with Gasteiger partial charge < -0.3 is 30.5 Å². The molecule has 49 heavy (non-hydrogen) atoms. The minimum Gasteiger partial charge on any atom is -0.484 e. The van der Waals surface area contributed by atoms with Gasteiger partial charge in [-0.2, -0.15) is 5.10 Å². The standard InChI is InChI=1S/C36H45N7O6/c1-22-28(23(2)41-40-22)16-18-42(4)35(47)29-20-26-12-14-27(15-13-26)49-21-32(44)38-30(19-25-9-6-5-7-10-25)36(48)43-17-8-11-31(43)34(46)37-24(3)33(45)39-29/h5-7,9-10,12-15,24,29-31H,8,11,16-21H2,1-4H3,(H,37,46)(H,38,44)(H,39,45)(H,40,41)/t24-,29-,30+,31+/m0/s1. The normalized spacial score (nSPS) is 22.2. The minimum atomic E-state index is -0.987. The second-order valence-corrected chi connectivity index (χ2v) is 12.9. The molecule has 13 nitrogen and oxygen atoms in total. The third-order valence-corrected chi connectivity index (χ3v) is 9.21. The van der Waals surface area contributed by atoms with E-state index in [1.54, 1.807) is 43.1 Å². The Morgan fingerprint density at radius 1 is 0.980 bits per heavy atom. The van der Waals surface area contributed by atoms with Crippen molar-refractivity contribution in [1.82, 2.24) is 35.9 Å². The summed E-state index contributed by atoms with van der Waals surface area (Å²) in [7, 11) is 1.69. The van der Waals surface area contributed by atoms with Crippen LogP contribution in [0.1, 0.15) is 47.8 Å². The summed E-state index contributed by atoms with van der Waals surface area (Å²) in [5, 5.41) is 15.6. The maximum Gasteiger partial charge on any atom is 0.258 e. The number of likely N-dealkylation sites (N-methyl/N-ethyl adjacent to an activating group) is 1. The maximum absolute atomic E-state index is 13.9. The summed E-state index contributed by atoms with van der Waals surface area (Å²) in [4.78, 5) is 70.9. The molecule has 4 N–H and O–H groups in total. The van der Waals surface area contributed by atoms with Crippen LogP contribution in [-0.2, 0) is 43.2 Å². The largest absolute Gasteiger partial charge is 0.484 e. The van der Waals surface area contributed by atoms with Gasteiger partial charge in [0, 0.05) is 38.7 Å². The summed E-state index contributed by atoms with van der Waals surface area (Å²) >= 11 is 0. The predicted molar refractivity (Wildman–Crippen MR) is 181 cm³/mol. The lowest BCUT2D eigenvalue weighted by Crippen LogP contribution is -2.58. The summed E-state index contributed by atoms with van der Waals surface area (Å²) in [5.41, 5.74) is 4.46. The van der Waals surface area contributed by atoms with Crippen molar-refractivity contribution in [2.24, 2.45) is 0 Å². The Morgan fingerprint density at radius 2 is 1.71 bits per heavy atom. The number of carbonyl (C=O) groups excluding carboxylic acids is 5. The van der Waals surface area contributed by atoms with Crippen LogP contribution in [0.5, 0.6) is 5.75 Å². The van der Waals surface area contributed by atoms with E-state index in [0.717, 1.165) is 28.1 Å². The molecule has 4 heterocycles. The topological polar surface area (TPSA) is 166 Å². The zero-order valence-corrected chi connectivity index (χ0v) is 28.5. The van der Waals surface area contributed by atoms with Crippen molar-refractivity contribution in [3.05, 3.63) is 82.7 Å². The number of nitrogens with zero attached hydrogens (tertiary/aromatic N) is 3. The first-order valence-corrected chi connectivity index (χ1v) is 16.7. The fourth-order valence-corrected chi connectivity index (χ4v) is 6.37. The first-order valence-electron chi connectivity index (χ1n) is 16.7. The molecule has 5 amide bonds. The number of benzene rings is 2. The number of carbonyl (C=O) groups is 5. The molecule has 1 aromatic heterocycles. The molecule has 0 spiro atoms. The molecule has 0 saturated carbocycles. The lowest BCUT2D eigenvalue weighted by molar-refractivity contribution is -0.142. The van der Waals surface area contributed by atoms with Crippen molar-refractivity contribution >= 4 is 29.5 Å². The van der Waals surface area contributed by atoms with E-state index in [-0.39, 0.29) is 31.3 Å². The van der Waals surface area contributed by atoms with Crippen LogP contribution in [0.4, 0.5) is 0 Å². The van der Waals surface area contributed by atoms with Gasteiger partial charge in [-0.1, -0.05) is 42.5 Å². The fraction of sp³-hybridized carbons (Fsp3) is 0.444. The van der Waals surface area contributed by atoms with Crippen LogP contribution < -0.4 is 20.7 Å². The van der Waals surface area contributed by atoms with E-state index in [0.29, 0.717) is 38.1 Å². The van der Waals surface area contributed by atoms with Gasteiger partial charge in [-0.15, -0.1) is 0 Å². The van der Waals surface area contributed by atoms with Crippen molar-refractivity contribution in [2.45, 2.75) is 77.0 Å². The number of hydrogen-bond donors (Lipinski definition) is 4. The Kier molecular flexibility index (Phi) is 11.3. The van der Waals surface area contributed by atoms with E-state index in [1.165, 1.54) is 4.90 Å². The summed E-state index contributed by atoms with van der Waals surface area (Å²) in [6, 6.07) is 12.6. The maximum atomic E-state index is 13.9. The molecule has 1 saturated heterocycles. The second-order valence-electron chi connectivity index (χ2n) is 12.9. The Bertz CT molecular complexity index is 1640. The zero-order valence-electron chi connectivity index (χ0n) is 28.5. The van der Waals surface area contributed by atoms with Gasteiger partial charge in [0.25, 0.3) is 5.91 Å². The number of amides is 5. The Morgan fingerprint density at radius 3 is 2.41 bits per heavy atom. The van der Waals surface area contributed by atoms with Gasteiger partial charge >= 0.3 is 0 Å². The predicted octanol–water partition coefficient (Wildman–Crippen LogP) is 1.37. The smallest absolute Gasteiger partial charge is 0.258 e. The zero-order chi connectivity index (χ0) is 35.1. The van der Waals surface area contributed by atoms with Crippen molar-refractivity contribution < 1.29 is 28.7 Å². The number of aromatic amines is 1. The molecule has 3 aliphatic heterocycles. The van der Waals surface area contributed by atoms with E-state index >= 15 is 0 Å². The first kappa shape index (κ1) is 35.1. The van der Waals surface area contributed by atoms with Gasteiger partial charge in [0.1, 0.15) is 29.9 Å². The van der Waals surface area contributed by atoms with Gasteiger partial charge in [-0.25, -0.2) is 0 Å². The number of aryl methyl sites for hydroxylation is 2. The molecular formula is C36H45N7O6. The number of H-pyrrole nitrogens is 1. The summed E-state index contributed by atoms with van der Waals surface area (Å²) in [6.07, 6.45) is 2.01. The van der Waals surface area contributed by atoms with Crippen molar-refractivity contribution in [3.63, 3.8) is 0 Å². The first-order chi connectivity index (χ1) is 23.5. The molecule has 260 valence electrons. The second kappa shape index (κ2) is 15.8. The number of rotatable bonds is 6. The van der Waals surface area contributed by atoms with Crippen LogP contribution in [0.15, 0.2) is 54.6 Å². The van der Waals surface area contributed by atoms with E-state index in [1.807, 2.05) is 44.2 Å². The minimum absolute atomic E-state index is 0.187. The molecule has 0 radical (unpaired) electrons. The lowest BCUT2D eigenvalue weighted by Gasteiger charge is -2.30. The molecule has 1 fully saturated rings. The fourth-order valence-electron chi connectivity index (χ4n) is 6.37. The molecule has 0 aliphatic carbocycles. The van der Waals surface area contributed by atoms with Crippen LogP contribution in [0, 0.1) is 13.8 Å². The van der Waals surface area contributed by atoms with Crippen molar-refractivity contribution in [3.8, 4) is 5.75 Å². The summed E-state index contributed by atoms with van der Waals surface area (Å²) in [5.74, 6) is -1.71. The molecule has 0 unspecified atom stereocenters. The molecule has 2 aromatic carbocycles. The number of fused-ring (bicyclic) bond motifs is 13. The van der Waals surface area contributed by atoms with E-state index in [4.69, 9.17) is 4.74 Å². The van der Waals surface area contributed by atoms with Crippen molar-refractivity contribution in [2.75, 3.05) is 26.7 Å². The average Bonchev–Trinajstić information content (AvgIpc) is 3.71. The highest BCUT2D eigenvalue weighted by molar-refractivity contribution is 5.96. The quantitative estimate of drug-likeness (QED) is 0.307. The molecule has 13 heteroatoms.